The van der Waals surface area contributed by atoms with Crippen LogP contribution >= 0.6 is 15.1 Å². The molecule has 0 spiro atoms. The van der Waals surface area contributed by atoms with Crippen LogP contribution in [0.3, 0.4) is 0 Å². The molecule has 12 aromatic carbocycles. The fourth-order valence-corrected chi connectivity index (χ4v) is 17.0. The molecule has 0 aliphatic heterocycles. The van der Waals surface area contributed by atoms with Gasteiger partial charge in [0.25, 0.3) is 0 Å². The maximum atomic E-state index is 2.56. The van der Waals surface area contributed by atoms with Gasteiger partial charge in [-0.15, -0.1) is 0 Å². The van der Waals surface area contributed by atoms with Gasteiger partial charge in [0.1, 0.15) is 0 Å². The summed E-state index contributed by atoms with van der Waals surface area (Å²) in [6.07, 6.45) is 0. The van der Waals surface area contributed by atoms with E-state index in [0.29, 0.717) is 0 Å². The molecule has 0 fully saturated rings. The van der Waals surface area contributed by atoms with E-state index >= 15 is 0 Å². The molecule has 0 N–H and O–H groups in total. The maximum Gasteiger partial charge on any atom is 0.0147 e. The lowest BCUT2D eigenvalue weighted by Crippen LogP contribution is -1.92. The third-order valence-corrected chi connectivity index (χ3v) is 19.5. The normalized spacial score (nSPS) is 12.4. The highest BCUT2D eigenvalue weighted by Gasteiger charge is 2.24. The van der Waals surface area contributed by atoms with Crippen LogP contribution in [0.4, 0.5) is 0 Å². The Labute approximate surface area is 397 Å². The van der Waals surface area contributed by atoms with Crippen molar-refractivity contribution in [3.8, 4) is 55.1 Å². The molecule has 2 heterocycles. The van der Waals surface area contributed by atoms with Crippen LogP contribution in [0.25, 0.3) is 129 Å². The molecule has 14 rings (SSSR count). The molecule has 0 aliphatic carbocycles. The van der Waals surface area contributed by atoms with Gasteiger partial charge >= 0.3 is 0 Å². The zero-order valence-electron chi connectivity index (χ0n) is 37.1. The quantitative estimate of drug-likeness (QED) is 0.146. The average molecular weight is 897 g/mol. The van der Waals surface area contributed by atoms with Gasteiger partial charge < -0.3 is 0 Å². The Bertz CT molecular complexity index is 4080. The van der Waals surface area contributed by atoms with Crippen LogP contribution in [0.1, 0.15) is 0 Å². The maximum absolute atomic E-state index is 2.56. The Morgan fingerprint density at radius 2 is 0.632 bits per heavy atom. The summed E-state index contributed by atoms with van der Waals surface area (Å²) in [7, 11) is -1.61. The van der Waals surface area contributed by atoms with Gasteiger partial charge in [-0.2, -0.15) is 0 Å². The first-order valence-corrected chi connectivity index (χ1v) is 26.2. The topological polar surface area (TPSA) is 0 Å². The molecule has 2 aromatic heterocycles. The monoisotopic (exact) mass is 896 g/mol. The van der Waals surface area contributed by atoms with Crippen molar-refractivity contribution in [1.82, 2.24) is 0 Å². The molecule has 2 unspecified atom stereocenters. The average Bonchev–Trinajstić information content (AvgIpc) is 3.94. The second kappa shape index (κ2) is 15.8. The molecule has 14 aromatic rings. The Hall–Kier alpha value is -7.98. The van der Waals surface area contributed by atoms with Gasteiger partial charge in [-0.3, -0.25) is 0 Å². The van der Waals surface area contributed by atoms with Gasteiger partial charge in [0.15, 0.2) is 0 Å². The highest BCUT2D eigenvalue weighted by Crippen LogP contribution is 2.60. The summed E-state index contributed by atoms with van der Waals surface area (Å²) in [6.45, 7) is 0. The lowest BCUT2D eigenvalue weighted by Gasteiger charge is -2.20. The summed E-state index contributed by atoms with van der Waals surface area (Å²) >= 11 is 0. The zero-order chi connectivity index (χ0) is 44.7. The summed E-state index contributed by atoms with van der Waals surface area (Å²) in [4.78, 5) is 0. The Morgan fingerprint density at radius 3 is 1.16 bits per heavy atom. The second-order valence-electron chi connectivity index (χ2n) is 17.9. The van der Waals surface area contributed by atoms with E-state index in [9.17, 15) is 0 Å². The summed E-state index contributed by atoms with van der Waals surface area (Å²) in [5.74, 6) is 0. The van der Waals surface area contributed by atoms with Crippen molar-refractivity contribution < 1.29 is 0 Å². The number of benzene rings is 12. The number of rotatable bonds is 6. The highest BCUT2D eigenvalue weighted by atomic mass is 31.1. The van der Waals surface area contributed by atoms with E-state index in [2.05, 4.69) is 255 Å². The SMILES string of the molecule is c1ccc(-c2cc(-c3c4cccc(-c5cccc6c7ccccc7p(-c7ccccc7)c56)c4cc4c(-c5cccc6c7ccccc7p(-c7ccccc7)c56)cccc34)c3ccccc3c2)cc1. The lowest BCUT2D eigenvalue weighted by molar-refractivity contribution is 1.63. The molecule has 0 nitrogen and oxygen atoms in total. The predicted molar refractivity (Wildman–Crippen MR) is 299 cm³/mol. The summed E-state index contributed by atoms with van der Waals surface area (Å²) < 4.78 is 0. The number of hydrogen-bond donors (Lipinski definition) is 0. The van der Waals surface area contributed by atoms with E-state index in [1.54, 1.807) is 0 Å². The number of fused-ring (bicyclic) bond motifs is 9. The minimum Gasteiger partial charge on any atom is -0.0766 e. The Morgan fingerprint density at radius 1 is 0.221 bits per heavy atom. The Kier molecular flexibility index (Phi) is 9.13. The molecule has 68 heavy (non-hydrogen) atoms. The second-order valence-corrected chi connectivity index (χ2v) is 22.2. The smallest absolute Gasteiger partial charge is 0.0147 e. The van der Waals surface area contributed by atoms with Crippen molar-refractivity contribution >= 4 is 89.4 Å². The molecule has 0 aliphatic rings. The van der Waals surface area contributed by atoms with Crippen molar-refractivity contribution in [1.29, 1.82) is 0 Å². The molecule has 0 bridgehead atoms. The first kappa shape index (κ1) is 39.2. The fraction of sp³-hybridized carbons (Fsp3) is 0. The molecule has 0 saturated carbocycles. The van der Waals surface area contributed by atoms with Gasteiger partial charge in [-0.05, 0) is 127 Å². The largest absolute Gasteiger partial charge is 0.0766 e. The molecule has 0 saturated heterocycles. The van der Waals surface area contributed by atoms with Gasteiger partial charge in [0, 0.05) is 20.5 Å². The van der Waals surface area contributed by atoms with Crippen LogP contribution in [-0.2, 0) is 0 Å². The molecule has 2 atom stereocenters. The van der Waals surface area contributed by atoms with Crippen LogP contribution in [-0.4, -0.2) is 0 Å². The van der Waals surface area contributed by atoms with E-state index in [1.165, 1.54) is 129 Å². The molecule has 0 amide bonds. The minimum absolute atomic E-state index is 0.805. The standard InChI is InChI=1S/C66H42P2/c1-4-20-43(21-5-1)45-40-44-22-10-11-27-48(44)61(41-45)64-53-32-16-30-49(55-34-18-36-57-51-28-12-14-38-62(51)67(65(55)57)46-23-6-2-7-24-46)59(53)42-60-50(31-17-33-54(60)64)56-35-19-37-58-52-29-13-15-39-63(52)68(66(56)58)47-25-8-3-9-26-47/h1-42H. The summed E-state index contributed by atoms with van der Waals surface area (Å²) in [6, 6.07) is 96.1. The first-order chi connectivity index (χ1) is 33.8. The first-order valence-electron chi connectivity index (χ1n) is 23.5. The van der Waals surface area contributed by atoms with Crippen LogP contribution in [0.15, 0.2) is 255 Å². The summed E-state index contributed by atoms with van der Waals surface area (Å²) in [5.41, 5.74) is 10.1. The van der Waals surface area contributed by atoms with Crippen molar-refractivity contribution in [2.45, 2.75) is 0 Å². The third-order valence-electron chi connectivity index (χ3n) is 14.3. The lowest BCUT2D eigenvalue weighted by atomic mass is 9.84. The van der Waals surface area contributed by atoms with Crippen LogP contribution in [0.5, 0.6) is 0 Å². The van der Waals surface area contributed by atoms with Gasteiger partial charge in [0.2, 0.25) is 0 Å². The minimum atomic E-state index is -0.805. The highest BCUT2D eigenvalue weighted by molar-refractivity contribution is 7.68. The van der Waals surface area contributed by atoms with Crippen molar-refractivity contribution in [2.24, 2.45) is 0 Å². The zero-order valence-corrected chi connectivity index (χ0v) is 38.9. The van der Waals surface area contributed by atoms with E-state index in [4.69, 9.17) is 0 Å². The van der Waals surface area contributed by atoms with Crippen molar-refractivity contribution in [2.75, 3.05) is 0 Å². The predicted octanol–water partition coefficient (Wildman–Crippen LogP) is 20.4. The van der Waals surface area contributed by atoms with Crippen molar-refractivity contribution in [3.05, 3.63) is 255 Å². The van der Waals surface area contributed by atoms with Gasteiger partial charge in [0.05, 0.1) is 0 Å². The van der Waals surface area contributed by atoms with Crippen LogP contribution in [0.2, 0.25) is 0 Å². The van der Waals surface area contributed by atoms with E-state index in [0.717, 1.165) is 0 Å². The molecular formula is C66H42P2. The van der Waals surface area contributed by atoms with Crippen LogP contribution in [0, 0.1) is 0 Å². The molecular weight excluding hydrogens is 855 g/mol. The van der Waals surface area contributed by atoms with Gasteiger partial charge in [-0.25, -0.2) is 0 Å². The Balaban J connectivity index is 1.16. The van der Waals surface area contributed by atoms with E-state index in [-0.39, 0.29) is 0 Å². The van der Waals surface area contributed by atoms with Crippen molar-refractivity contribution in [3.63, 3.8) is 0 Å². The van der Waals surface area contributed by atoms with E-state index < -0.39 is 15.1 Å². The molecule has 2 heteroatoms. The fourth-order valence-electron chi connectivity index (χ4n) is 11.4. The van der Waals surface area contributed by atoms with Crippen LogP contribution < -0.4 is 0 Å². The van der Waals surface area contributed by atoms with E-state index in [1.807, 2.05) is 0 Å². The molecule has 0 radical (unpaired) electrons. The third kappa shape index (κ3) is 6.02. The summed E-state index contributed by atoms with van der Waals surface area (Å²) in [5, 5.41) is 21.5. The molecule has 316 valence electrons. The van der Waals surface area contributed by atoms with Gasteiger partial charge in [-0.1, -0.05) is 252 Å². The number of hydrogen-bond acceptors (Lipinski definition) is 0.